The normalized spacial score (nSPS) is 18.1. The van der Waals surface area contributed by atoms with Gasteiger partial charge in [0.2, 0.25) is 0 Å². The smallest absolute Gasteiger partial charge is 0.364 e. The van der Waals surface area contributed by atoms with Gasteiger partial charge in [-0.05, 0) is 44.6 Å². The quantitative estimate of drug-likeness (QED) is 0.630. The highest BCUT2D eigenvalue weighted by Crippen LogP contribution is 2.37. The maximum Gasteiger partial charge on any atom is 0.416 e. The number of nitrogens with zero attached hydrogens (tertiary/aromatic N) is 4. The van der Waals surface area contributed by atoms with Gasteiger partial charge in [0, 0.05) is 47.6 Å². The van der Waals surface area contributed by atoms with Crippen LogP contribution in [0.2, 0.25) is 0 Å². The lowest BCUT2D eigenvalue weighted by molar-refractivity contribution is -0.137. The Morgan fingerprint density at radius 3 is 2.62 bits per heavy atom. The number of hydrogen-bond donors (Lipinski definition) is 1. The second-order valence-corrected chi connectivity index (χ2v) is 10.0. The fourth-order valence-electron chi connectivity index (χ4n) is 3.98. The molecule has 32 heavy (non-hydrogen) atoms. The molecular formula is C21H22F3N5O2S. The number of nitrogens with one attached hydrogen (secondary N) is 1. The summed E-state index contributed by atoms with van der Waals surface area (Å²) in [5, 5.41) is 13.0. The van der Waals surface area contributed by atoms with E-state index in [1.165, 1.54) is 6.20 Å². The van der Waals surface area contributed by atoms with E-state index >= 15 is 0 Å². The number of sulfone groups is 1. The fraction of sp³-hybridized carbons (Fsp3) is 0.381. The van der Waals surface area contributed by atoms with Gasteiger partial charge >= 0.3 is 6.18 Å². The number of aromatic nitrogens is 3. The Kier molecular flexibility index (Phi) is 5.80. The molecule has 3 heterocycles. The van der Waals surface area contributed by atoms with E-state index in [9.17, 15) is 21.6 Å². The molecule has 4 rings (SSSR count). The summed E-state index contributed by atoms with van der Waals surface area (Å²) in [4.78, 5) is 5.91. The molecule has 0 amide bonds. The van der Waals surface area contributed by atoms with Gasteiger partial charge in [-0.25, -0.2) is 8.42 Å². The minimum Gasteiger partial charge on any atom is -0.364 e. The summed E-state index contributed by atoms with van der Waals surface area (Å²) in [5.41, 5.74) is -0.795. The number of fused-ring (bicyclic) bond motifs is 1. The zero-order valence-electron chi connectivity index (χ0n) is 17.5. The van der Waals surface area contributed by atoms with Crippen LogP contribution in [0.25, 0.3) is 22.0 Å². The van der Waals surface area contributed by atoms with E-state index in [0.717, 1.165) is 44.3 Å². The van der Waals surface area contributed by atoms with Gasteiger partial charge in [-0.15, -0.1) is 10.2 Å². The number of pyridine rings is 1. The van der Waals surface area contributed by atoms with Gasteiger partial charge < -0.3 is 10.2 Å². The summed E-state index contributed by atoms with van der Waals surface area (Å²) >= 11 is 0. The molecule has 1 atom stereocenters. The number of rotatable bonds is 4. The van der Waals surface area contributed by atoms with Crippen molar-refractivity contribution in [3.05, 3.63) is 42.2 Å². The van der Waals surface area contributed by atoms with Crippen LogP contribution in [0.15, 0.2) is 41.6 Å². The second kappa shape index (κ2) is 8.28. The average molecular weight is 466 g/mol. The Hall–Kier alpha value is -2.79. The highest BCUT2D eigenvalue weighted by atomic mass is 32.2. The maximum absolute atomic E-state index is 13.2. The van der Waals surface area contributed by atoms with Crippen molar-refractivity contribution in [3.63, 3.8) is 0 Å². The van der Waals surface area contributed by atoms with Crippen LogP contribution in [-0.2, 0) is 16.0 Å². The van der Waals surface area contributed by atoms with Crippen molar-refractivity contribution in [2.24, 2.45) is 0 Å². The lowest BCUT2D eigenvalue weighted by atomic mass is 10.0. The predicted molar refractivity (Wildman–Crippen MR) is 115 cm³/mol. The molecule has 11 heteroatoms. The molecule has 170 valence electrons. The second-order valence-electron chi connectivity index (χ2n) is 8.05. The predicted octanol–water partition coefficient (Wildman–Crippen LogP) is 3.62. The Morgan fingerprint density at radius 1 is 1.16 bits per heavy atom. The van der Waals surface area contributed by atoms with E-state index in [4.69, 9.17) is 0 Å². The number of piperidine rings is 1. The van der Waals surface area contributed by atoms with Crippen LogP contribution in [0.3, 0.4) is 0 Å². The molecular weight excluding hydrogens is 443 g/mol. The monoisotopic (exact) mass is 465 g/mol. The van der Waals surface area contributed by atoms with E-state index in [0.29, 0.717) is 22.7 Å². The Labute approximate surface area is 183 Å². The topological polar surface area (TPSA) is 88.1 Å². The SMILES string of the molecule is CN1CCC[C@@H](Nc2nnc(-c3ccc(C(F)(F)F)cc3S(C)(=O)=O)c3ccncc23)C1. The summed E-state index contributed by atoms with van der Waals surface area (Å²) in [5.74, 6) is 0.505. The van der Waals surface area contributed by atoms with Crippen molar-refractivity contribution in [3.8, 4) is 11.3 Å². The van der Waals surface area contributed by atoms with Gasteiger partial charge in [0.15, 0.2) is 15.7 Å². The number of halogens is 3. The standard InChI is InChI=1S/C21H22F3N5O2S/c1-29-9-3-4-14(12-29)26-20-17-11-25-8-7-15(17)19(27-28-20)16-6-5-13(21(22,23)24)10-18(16)32(2,30)31/h5-8,10-11,14H,3-4,9,12H2,1-2H3,(H,26,28)/t14-/m1/s1. The van der Waals surface area contributed by atoms with Crippen LogP contribution >= 0.6 is 0 Å². The van der Waals surface area contributed by atoms with Gasteiger partial charge in [-0.2, -0.15) is 13.2 Å². The fourth-order valence-corrected chi connectivity index (χ4v) is 4.89. The van der Waals surface area contributed by atoms with Crippen molar-refractivity contribution in [2.45, 2.75) is 30.0 Å². The van der Waals surface area contributed by atoms with Crippen LogP contribution in [0, 0.1) is 0 Å². The summed E-state index contributed by atoms with van der Waals surface area (Å²) < 4.78 is 64.3. The third-order valence-corrected chi connectivity index (χ3v) is 6.65. The van der Waals surface area contributed by atoms with Gasteiger partial charge in [0.1, 0.15) is 5.69 Å². The number of anilines is 1. The van der Waals surface area contributed by atoms with Crippen molar-refractivity contribution in [2.75, 3.05) is 31.7 Å². The summed E-state index contributed by atoms with van der Waals surface area (Å²) in [6, 6.07) is 4.44. The summed E-state index contributed by atoms with van der Waals surface area (Å²) in [6.45, 7) is 1.86. The molecule has 0 radical (unpaired) electrons. The minimum atomic E-state index is -4.67. The zero-order valence-corrected chi connectivity index (χ0v) is 18.3. The van der Waals surface area contributed by atoms with Crippen LogP contribution in [0.1, 0.15) is 18.4 Å². The van der Waals surface area contributed by atoms with E-state index in [1.54, 1.807) is 12.3 Å². The number of hydrogen-bond acceptors (Lipinski definition) is 7. The van der Waals surface area contributed by atoms with Crippen LogP contribution in [0.4, 0.5) is 19.0 Å². The largest absolute Gasteiger partial charge is 0.416 e. The van der Waals surface area contributed by atoms with Crippen LogP contribution in [0.5, 0.6) is 0 Å². The van der Waals surface area contributed by atoms with E-state index in [2.05, 4.69) is 25.4 Å². The lowest BCUT2D eigenvalue weighted by Gasteiger charge is -2.30. The Bertz CT molecular complexity index is 1260. The van der Waals surface area contributed by atoms with E-state index in [-0.39, 0.29) is 17.3 Å². The number of benzene rings is 1. The maximum atomic E-state index is 13.2. The lowest BCUT2D eigenvalue weighted by Crippen LogP contribution is -2.40. The van der Waals surface area contributed by atoms with Gasteiger partial charge in [0.05, 0.1) is 10.5 Å². The van der Waals surface area contributed by atoms with Crippen LogP contribution < -0.4 is 5.32 Å². The van der Waals surface area contributed by atoms with Crippen molar-refractivity contribution < 1.29 is 21.6 Å². The average Bonchev–Trinajstić information content (AvgIpc) is 2.72. The highest BCUT2D eigenvalue weighted by molar-refractivity contribution is 7.90. The molecule has 1 fully saturated rings. The van der Waals surface area contributed by atoms with Crippen molar-refractivity contribution >= 4 is 26.4 Å². The molecule has 0 spiro atoms. The van der Waals surface area contributed by atoms with Gasteiger partial charge in [0.25, 0.3) is 0 Å². The molecule has 0 bridgehead atoms. The van der Waals surface area contributed by atoms with Crippen molar-refractivity contribution in [1.82, 2.24) is 20.1 Å². The zero-order chi connectivity index (χ0) is 23.1. The van der Waals surface area contributed by atoms with E-state index < -0.39 is 26.5 Å². The van der Waals surface area contributed by atoms with Crippen LogP contribution in [-0.4, -0.2) is 60.9 Å². The first-order valence-corrected chi connectivity index (χ1v) is 11.9. The molecule has 0 saturated carbocycles. The molecule has 1 aromatic carbocycles. The Balaban J connectivity index is 1.84. The third kappa shape index (κ3) is 4.53. The van der Waals surface area contributed by atoms with Gasteiger partial charge in [-0.1, -0.05) is 6.07 Å². The molecule has 1 saturated heterocycles. The number of alkyl halides is 3. The molecule has 0 aliphatic carbocycles. The molecule has 1 N–H and O–H groups in total. The third-order valence-electron chi connectivity index (χ3n) is 5.51. The number of likely N-dealkylation sites (tertiary alicyclic amines) is 1. The van der Waals surface area contributed by atoms with Gasteiger partial charge in [-0.3, -0.25) is 4.98 Å². The van der Waals surface area contributed by atoms with Crippen molar-refractivity contribution in [1.29, 1.82) is 0 Å². The molecule has 1 aliphatic rings. The highest BCUT2D eigenvalue weighted by Gasteiger charge is 2.33. The summed E-state index contributed by atoms with van der Waals surface area (Å²) in [6.07, 6.45) is 1.32. The molecule has 3 aromatic rings. The Morgan fingerprint density at radius 2 is 1.94 bits per heavy atom. The first-order chi connectivity index (χ1) is 15.0. The number of likely N-dealkylation sites (N-methyl/N-ethyl adjacent to an activating group) is 1. The molecule has 0 unspecified atom stereocenters. The summed E-state index contributed by atoms with van der Waals surface area (Å²) in [7, 11) is -1.94. The molecule has 7 nitrogen and oxygen atoms in total. The molecule has 2 aromatic heterocycles. The molecule has 1 aliphatic heterocycles. The first-order valence-electron chi connectivity index (χ1n) is 10.0. The van der Waals surface area contributed by atoms with E-state index in [1.807, 2.05) is 7.05 Å². The first kappa shape index (κ1) is 22.4. The minimum absolute atomic E-state index is 0.0631.